The molecule has 1 aliphatic heterocycles. The van der Waals surface area contributed by atoms with Crippen LogP contribution in [-0.4, -0.2) is 40.2 Å². The highest BCUT2D eigenvalue weighted by molar-refractivity contribution is 7.12. The lowest BCUT2D eigenvalue weighted by molar-refractivity contribution is -0.141. The number of rotatable bonds is 6. The Morgan fingerprint density at radius 2 is 2.08 bits per heavy atom. The first kappa shape index (κ1) is 25.7. The standard InChI is InChI=1S/C26H26F3N5OS/c1-4-34-14-22(25(32-34)26(27,28)29)19-8-6-5-7-18(19)21-13-33(24(35)10-9-16(2)31-3)15-23-20(21)11-17(12-30)36-23/h5-11,14,16,21,31H,4,13,15H2,1-3H3/b10-9+/t16-,21-/m0/s1. The predicted molar refractivity (Wildman–Crippen MR) is 132 cm³/mol. The van der Waals surface area contributed by atoms with Gasteiger partial charge in [0.1, 0.15) is 10.9 Å². The Morgan fingerprint density at radius 3 is 2.75 bits per heavy atom. The third kappa shape index (κ3) is 5.08. The number of carbonyl (C=O) groups excluding carboxylic acids is 1. The Balaban J connectivity index is 1.82. The topological polar surface area (TPSA) is 74.0 Å². The number of nitrogens with zero attached hydrogens (tertiary/aromatic N) is 4. The Morgan fingerprint density at radius 1 is 1.33 bits per heavy atom. The van der Waals surface area contributed by atoms with Crippen LogP contribution in [-0.2, 0) is 24.1 Å². The van der Waals surface area contributed by atoms with Gasteiger partial charge in [-0.05, 0) is 43.7 Å². The summed E-state index contributed by atoms with van der Waals surface area (Å²) >= 11 is 1.31. The molecule has 188 valence electrons. The number of likely N-dealkylation sites (N-methyl/N-ethyl adjacent to an activating group) is 1. The van der Waals surface area contributed by atoms with Crippen LogP contribution in [0.4, 0.5) is 13.2 Å². The highest BCUT2D eigenvalue weighted by atomic mass is 32.1. The normalized spacial score (nSPS) is 16.7. The maximum atomic E-state index is 13.9. The van der Waals surface area contributed by atoms with Gasteiger partial charge in [-0.25, -0.2) is 0 Å². The fourth-order valence-electron chi connectivity index (χ4n) is 4.37. The molecule has 36 heavy (non-hydrogen) atoms. The third-order valence-electron chi connectivity index (χ3n) is 6.34. The zero-order valence-electron chi connectivity index (χ0n) is 20.1. The van der Waals surface area contributed by atoms with E-state index in [4.69, 9.17) is 0 Å². The van der Waals surface area contributed by atoms with Crippen LogP contribution in [0.1, 0.15) is 46.3 Å². The summed E-state index contributed by atoms with van der Waals surface area (Å²) in [4.78, 5) is 16.1. The van der Waals surface area contributed by atoms with Crippen molar-refractivity contribution in [3.63, 3.8) is 0 Å². The number of carbonyl (C=O) groups is 1. The monoisotopic (exact) mass is 513 g/mol. The molecule has 2 atom stereocenters. The number of amides is 1. The van der Waals surface area contributed by atoms with Crippen molar-refractivity contribution in [3.05, 3.63) is 75.3 Å². The smallest absolute Gasteiger partial charge is 0.333 e. The van der Waals surface area contributed by atoms with Crippen molar-refractivity contribution in [2.75, 3.05) is 13.6 Å². The molecule has 0 unspecified atom stereocenters. The van der Waals surface area contributed by atoms with E-state index in [0.717, 1.165) is 10.4 Å². The zero-order chi connectivity index (χ0) is 26.0. The molecule has 0 aliphatic carbocycles. The van der Waals surface area contributed by atoms with Gasteiger partial charge in [0.05, 0.1) is 6.54 Å². The zero-order valence-corrected chi connectivity index (χ0v) is 21.0. The summed E-state index contributed by atoms with van der Waals surface area (Å²) in [5.41, 5.74) is 1.01. The van der Waals surface area contributed by atoms with E-state index >= 15 is 0 Å². The van der Waals surface area contributed by atoms with Crippen molar-refractivity contribution in [1.29, 1.82) is 5.26 Å². The molecule has 0 saturated heterocycles. The van der Waals surface area contributed by atoms with Gasteiger partial charge in [0.25, 0.3) is 0 Å². The van der Waals surface area contributed by atoms with Crippen LogP contribution < -0.4 is 5.32 Å². The van der Waals surface area contributed by atoms with E-state index in [1.165, 1.54) is 28.3 Å². The van der Waals surface area contributed by atoms with Gasteiger partial charge in [-0.1, -0.05) is 30.3 Å². The molecule has 1 aromatic carbocycles. The van der Waals surface area contributed by atoms with Crippen LogP contribution in [0.25, 0.3) is 11.1 Å². The highest BCUT2D eigenvalue weighted by Gasteiger charge is 2.39. The molecule has 10 heteroatoms. The predicted octanol–water partition coefficient (Wildman–Crippen LogP) is 5.16. The van der Waals surface area contributed by atoms with Crippen molar-refractivity contribution in [1.82, 2.24) is 20.0 Å². The second kappa shape index (κ2) is 10.3. The molecule has 1 aliphatic rings. The van der Waals surface area contributed by atoms with E-state index in [2.05, 4.69) is 16.5 Å². The van der Waals surface area contributed by atoms with Gasteiger partial charge in [-0.15, -0.1) is 11.3 Å². The van der Waals surface area contributed by atoms with Crippen molar-refractivity contribution in [3.8, 4) is 17.2 Å². The first-order chi connectivity index (χ1) is 17.2. The minimum Gasteiger partial charge on any atom is -0.333 e. The number of nitrogens with one attached hydrogen (secondary N) is 1. The van der Waals surface area contributed by atoms with Crippen LogP contribution in [0, 0.1) is 11.3 Å². The SMILES string of the molecule is CCn1cc(-c2ccccc2[C@@H]2CN(C(=O)/C=C/[C@H](C)NC)Cc3sc(C#N)cc32)c(C(F)(F)F)n1. The molecule has 0 radical (unpaired) electrons. The molecule has 0 saturated carbocycles. The van der Waals surface area contributed by atoms with E-state index in [1.807, 2.05) is 6.92 Å². The third-order valence-corrected chi connectivity index (χ3v) is 7.38. The quantitative estimate of drug-likeness (QED) is 0.462. The molecule has 6 nitrogen and oxygen atoms in total. The number of fused-ring (bicyclic) bond motifs is 1. The molecular weight excluding hydrogens is 487 g/mol. The Kier molecular flexibility index (Phi) is 7.33. The van der Waals surface area contributed by atoms with Crippen LogP contribution in [0.15, 0.2) is 48.7 Å². The number of aryl methyl sites for hydroxylation is 1. The first-order valence-corrected chi connectivity index (χ1v) is 12.4. The van der Waals surface area contributed by atoms with Gasteiger partial charge >= 0.3 is 6.18 Å². The van der Waals surface area contributed by atoms with Crippen molar-refractivity contribution < 1.29 is 18.0 Å². The fraction of sp³-hybridized carbons (Fsp3) is 0.346. The molecule has 0 bridgehead atoms. The number of halogens is 3. The number of hydrogen-bond donors (Lipinski definition) is 1. The Bertz CT molecular complexity index is 1330. The van der Waals surface area contributed by atoms with E-state index in [0.29, 0.717) is 29.1 Å². The minimum atomic E-state index is -4.62. The molecule has 2 aromatic heterocycles. The van der Waals surface area contributed by atoms with Gasteiger partial charge in [-0.3, -0.25) is 9.48 Å². The van der Waals surface area contributed by atoms with Crippen molar-refractivity contribution in [2.45, 2.75) is 45.1 Å². The molecule has 0 fully saturated rings. The lowest BCUT2D eigenvalue weighted by atomic mass is 9.83. The van der Waals surface area contributed by atoms with Gasteiger partial charge in [-0.2, -0.15) is 23.5 Å². The summed E-state index contributed by atoms with van der Waals surface area (Å²) in [5.74, 6) is -0.583. The lowest BCUT2D eigenvalue weighted by Crippen LogP contribution is -2.37. The molecule has 3 heterocycles. The number of nitriles is 1. The molecule has 0 spiro atoms. The molecule has 1 N–H and O–H groups in total. The van der Waals surface area contributed by atoms with Crippen LogP contribution in [0.3, 0.4) is 0 Å². The second-order valence-corrected chi connectivity index (χ2v) is 9.78. The van der Waals surface area contributed by atoms with Crippen molar-refractivity contribution >= 4 is 17.2 Å². The van der Waals surface area contributed by atoms with E-state index in [1.54, 1.807) is 55.3 Å². The molecule has 4 rings (SSSR count). The fourth-order valence-corrected chi connectivity index (χ4v) is 5.41. The largest absolute Gasteiger partial charge is 0.435 e. The van der Waals surface area contributed by atoms with Gasteiger partial charge in [0.15, 0.2) is 5.69 Å². The van der Waals surface area contributed by atoms with Gasteiger partial charge in [0.2, 0.25) is 5.91 Å². The Labute approximate surface area is 211 Å². The number of thiophene rings is 1. The van der Waals surface area contributed by atoms with E-state index in [-0.39, 0.29) is 24.1 Å². The average Bonchev–Trinajstić information content (AvgIpc) is 3.50. The van der Waals surface area contributed by atoms with Crippen molar-refractivity contribution in [2.24, 2.45) is 0 Å². The number of alkyl halides is 3. The Hall–Kier alpha value is -3.42. The first-order valence-electron chi connectivity index (χ1n) is 11.6. The van der Waals surface area contributed by atoms with Crippen LogP contribution in [0.5, 0.6) is 0 Å². The molecule has 1 amide bonds. The minimum absolute atomic E-state index is 0.00317. The average molecular weight is 514 g/mol. The van der Waals surface area contributed by atoms with Crippen LogP contribution >= 0.6 is 11.3 Å². The number of aromatic nitrogens is 2. The summed E-state index contributed by atoms with van der Waals surface area (Å²) in [5, 5.41) is 16.3. The maximum Gasteiger partial charge on any atom is 0.435 e. The highest BCUT2D eigenvalue weighted by Crippen LogP contribution is 2.44. The van der Waals surface area contributed by atoms with Crippen LogP contribution in [0.2, 0.25) is 0 Å². The number of benzene rings is 1. The molecular formula is C26H26F3N5OS. The van der Waals surface area contributed by atoms with Gasteiger partial charge < -0.3 is 10.2 Å². The lowest BCUT2D eigenvalue weighted by Gasteiger charge is -2.33. The summed E-state index contributed by atoms with van der Waals surface area (Å²) < 4.78 is 43.0. The molecule has 3 aromatic rings. The summed E-state index contributed by atoms with van der Waals surface area (Å²) in [6, 6.07) is 10.9. The second-order valence-electron chi connectivity index (χ2n) is 8.64. The van der Waals surface area contributed by atoms with E-state index < -0.39 is 17.8 Å². The number of hydrogen-bond acceptors (Lipinski definition) is 5. The van der Waals surface area contributed by atoms with Gasteiger partial charge in [0, 0.05) is 47.8 Å². The maximum absolute atomic E-state index is 13.9. The summed E-state index contributed by atoms with van der Waals surface area (Å²) in [6.07, 6.45) is 0.0872. The summed E-state index contributed by atoms with van der Waals surface area (Å²) in [7, 11) is 1.80. The summed E-state index contributed by atoms with van der Waals surface area (Å²) in [6.45, 7) is 4.58. The van der Waals surface area contributed by atoms with E-state index in [9.17, 15) is 23.2 Å².